The molecule has 4 nitrogen and oxygen atoms in total. The maximum atomic E-state index is 12.0. The van der Waals surface area contributed by atoms with E-state index in [2.05, 4.69) is 5.32 Å². The molecule has 0 saturated heterocycles. The summed E-state index contributed by atoms with van der Waals surface area (Å²) in [6.45, 7) is 0. The zero-order valence-corrected chi connectivity index (χ0v) is 13.8. The van der Waals surface area contributed by atoms with E-state index in [9.17, 15) is 4.79 Å². The van der Waals surface area contributed by atoms with Crippen molar-refractivity contribution in [2.75, 3.05) is 14.2 Å². The Morgan fingerprint density at radius 1 is 1.23 bits per heavy atom. The standard InChI is InChI=1S/C17H22ClNO3/c1-21-15-11-12(10-14(18)17(15)22-2)8-9-16(20)19-13-6-4-3-5-7-13/h8-11,13H,3-7H2,1-2H3,(H,19,20). The second kappa shape index (κ2) is 8.08. The number of halogens is 1. The minimum absolute atomic E-state index is 0.0715. The van der Waals surface area contributed by atoms with Gasteiger partial charge in [-0.1, -0.05) is 30.9 Å². The highest BCUT2D eigenvalue weighted by atomic mass is 35.5. The van der Waals surface area contributed by atoms with Gasteiger partial charge in [0, 0.05) is 12.1 Å². The first-order valence-corrected chi connectivity index (χ1v) is 7.92. The van der Waals surface area contributed by atoms with Gasteiger partial charge in [-0.3, -0.25) is 4.79 Å². The van der Waals surface area contributed by atoms with Crippen LogP contribution in [0.3, 0.4) is 0 Å². The van der Waals surface area contributed by atoms with Crippen LogP contribution < -0.4 is 14.8 Å². The van der Waals surface area contributed by atoms with E-state index >= 15 is 0 Å². The molecule has 0 aliphatic heterocycles. The van der Waals surface area contributed by atoms with Crippen molar-refractivity contribution in [2.45, 2.75) is 38.1 Å². The maximum absolute atomic E-state index is 12.0. The van der Waals surface area contributed by atoms with E-state index in [0.29, 0.717) is 22.6 Å². The third-order valence-electron chi connectivity index (χ3n) is 3.83. The summed E-state index contributed by atoms with van der Waals surface area (Å²) in [5, 5.41) is 3.49. The van der Waals surface area contributed by atoms with Gasteiger partial charge in [0.1, 0.15) is 0 Å². The van der Waals surface area contributed by atoms with Gasteiger partial charge in [-0.25, -0.2) is 0 Å². The van der Waals surface area contributed by atoms with E-state index in [4.69, 9.17) is 21.1 Å². The van der Waals surface area contributed by atoms with Crippen molar-refractivity contribution in [3.05, 3.63) is 28.8 Å². The number of hydrogen-bond donors (Lipinski definition) is 1. The van der Waals surface area contributed by atoms with Crippen molar-refractivity contribution in [3.63, 3.8) is 0 Å². The number of hydrogen-bond acceptors (Lipinski definition) is 3. The number of benzene rings is 1. The number of nitrogens with one attached hydrogen (secondary N) is 1. The molecule has 1 aliphatic carbocycles. The fourth-order valence-electron chi connectivity index (χ4n) is 2.70. The normalized spacial score (nSPS) is 15.8. The minimum Gasteiger partial charge on any atom is -0.493 e. The highest BCUT2D eigenvalue weighted by Gasteiger charge is 2.14. The first-order valence-electron chi connectivity index (χ1n) is 7.54. The zero-order chi connectivity index (χ0) is 15.9. The second-order valence-electron chi connectivity index (χ2n) is 5.42. The van der Waals surface area contributed by atoms with Crippen LogP contribution in [-0.2, 0) is 4.79 Å². The van der Waals surface area contributed by atoms with Crippen LogP contribution in [0.5, 0.6) is 11.5 Å². The van der Waals surface area contributed by atoms with E-state index < -0.39 is 0 Å². The van der Waals surface area contributed by atoms with Gasteiger partial charge in [0.2, 0.25) is 5.91 Å². The summed E-state index contributed by atoms with van der Waals surface area (Å²) in [6, 6.07) is 3.84. The monoisotopic (exact) mass is 323 g/mol. The molecule has 22 heavy (non-hydrogen) atoms. The first-order chi connectivity index (χ1) is 10.6. The summed E-state index contributed by atoms with van der Waals surface area (Å²) in [5.74, 6) is 0.966. The predicted molar refractivity (Wildman–Crippen MR) is 88.6 cm³/mol. The first kappa shape index (κ1) is 16.7. The van der Waals surface area contributed by atoms with E-state index in [1.54, 1.807) is 25.3 Å². The molecular weight excluding hydrogens is 302 g/mol. The topological polar surface area (TPSA) is 47.6 Å². The Bertz CT molecular complexity index is 551. The molecule has 0 bridgehead atoms. The third kappa shape index (κ3) is 4.41. The van der Waals surface area contributed by atoms with Gasteiger partial charge >= 0.3 is 0 Å². The summed E-state index contributed by atoms with van der Waals surface area (Å²) >= 11 is 6.14. The number of amides is 1. The van der Waals surface area contributed by atoms with Crippen LogP contribution in [0.4, 0.5) is 0 Å². The number of ether oxygens (including phenoxy) is 2. The van der Waals surface area contributed by atoms with Crippen LogP contribution in [0.1, 0.15) is 37.7 Å². The van der Waals surface area contributed by atoms with Gasteiger partial charge in [-0.2, -0.15) is 0 Å². The van der Waals surface area contributed by atoms with Crippen LogP contribution >= 0.6 is 11.6 Å². The Hall–Kier alpha value is -1.68. The minimum atomic E-state index is -0.0715. The smallest absolute Gasteiger partial charge is 0.244 e. The molecule has 1 N–H and O–H groups in total. The van der Waals surface area contributed by atoms with Crippen LogP contribution in [0.2, 0.25) is 5.02 Å². The Morgan fingerprint density at radius 2 is 1.95 bits per heavy atom. The largest absolute Gasteiger partial charge is 0.493 e. The maximum Gasteiger partial charge on any atom is 0.244 e. The summed E-state index contributed by atoms with van der Waals surface area (Å²) in [7, 11) is 3.09. The molecule has 0 unspecified atom stereocenters. The SMILES string of the molecule is COc1cc(C=CC(=O)NC2CCCCC2)cc(Cl)c1OC. The van der Waals surface area contributed by atoms with E-state index in [-0.39, 0.29) is 5.91 Å². The van der Waals surface area contributed by atoms with Crippen LogP contribution in [0.25, 0.3) is 6.08 Å². The quantitative estimate of drug-likeness (QED) is 0.838. The molecule has 1 aromatic rings. The van der Waals surface area contributed by atoms with E-state index in [1.165, 1.54) is 32.4 Å². The molecule has 5 heteroatoms. The van der Waals surface area contributed by atoms with Gasteiger partial charge in [-0.05, 0) is 36.6 Å². The van der Waals surface area contributed by atoms with Gasteiger partial charge in [0.05, 0.1) is 19.2 Å². The Balaban J connectivity index is 2.02. The zero-order valence-electron chi connectivity index (χ0n) is 13.0. The van der Waals surface area contributed by atoms with Crippen molar-refractivity contribution < 1.29 is 14.3 Å². The molecule has 1 fully saturated rings. The average molecular weight is 324 g/mol. The van der Waals surface area contributed by atoms with E-state index in [1.807, 2.05) is 0 Å². The van der Waals surface area contributed by atoms with Crippen LogP contribution in [0, 0.1) is 0 Å². The lowest BCUT2D eigenvalue weighted by Crippen LogP contribution is -2.34. The summed E-state index contributed by atoms with van der Waals surface area (Å²) in [4.78, 5) is 12.0. The lowest BCUT2D eigenvalue weighted by Gasteiger charge is -2.21. The number of carbonyl (C=O) groups is 1. The Morgan fingerprint density at radius 3 is 2.59 bits per heavy atom. The molecule has 0 radical (unpaired) electrons. The van der Waals surface area contributed by atoms with Crippen molar-refractivity contribution >= 4 is 23.6 Å². The van der Waals surface area contributed by atoms with Gasteiger partial charge in [0.15, 0.2) is 11.5 Å². The van der Waals surface area contributed by atoms with Crippen molar-refractivity contribution in [1.29, 1.82) is 0 Å². The summed E-state index contributed by atoms with van der Waals surface area (Å²) < 4.78 is 10.4. The van der Waals surface area contributed by atoms with Crippen molar-refractivity contribution in [2.24, 2.45) is 0 Å². The molecule has 0 spiro atoms. The highest BCUT2D eigenvalue weighted by Crippen LogP contribution is 2.36. The molecule has 1 saturated carbocycles. The molecule has 1 amide bonds. The number of methoxy groups -OCH3 is 2. The number of rotatable bonds is 5. The summed E-state index contributed by atoms with van der Waals surface area (Å²) in [6.07, 6.45) is 9.06. The highest BCUT2D eigenvalue weighted by molar-refractivity contribution is 6.32. The van der Waals surface area contributed by atoms with Crippen LogP contribution in [0.15, 0.2) is 18.2 Å². The van der Waals surface area contributed by atoms with Gasteiger partial charge < -0.3 is 14.8 Å². The summed E-state index contributed by atoms with van der Waals surface area (Å²) in [5.41, 5.74) is 0.793. The van der Waals surface area contributed by atoms with Crippen molar-refractivity contribution in [1.82, 2.24) is 5.32 Å². The Kier molecular flexibility index (Phi) is 6.13. The van der Waals surface area contributed by atoms with Crippen LogP contribution in [-0.4, -0.2) is 26.2 Å². The van der Waals surface area contributed by atoms with Gasteiger partial charge in [-0.15, -0.1) is 0 Å². The van der Waals surface area contributed by atoms with Crippen molar-refractivity contribution in [3.8, 4) is 11.5 Å². The molecule has 1 aromatic carbocycles. The van der Waals surface area contributed by atoms with Gasteiger partial charge in [0.25, 0.3) is 0 Å². The molecule has 120 valence electrons. The molecule has 1 aliphatic rings. The third-order valence-corrected chi connectivity index (χ3v) is 4.12. The fourth-order valence-corrected chi connectivity index (χ4v) is 3.00. The predicted octanol–water partition coefficient (Wildman–Crippen LogP) is 3.82. The molecule has 2 rings (SSSR count). The molecular formula is C17H22ClNO3. The Labute approximate surface area is 136 Å². The molecule has 0 aromatic heterocycles. The fraction of sp³-hybridized carbons (Fsp3) is 0.471. The lowest BCUT2D eigenvalue weighted by molar-refractivity contribution is -0.117. The second-order valence-corrected chi connectivity index (χ2v) is 5.82. The van der Waals surface area contributed by atoms with E-state index in [0.717, 1.165) is 18.4 Å². The lowest BCUT2D eigenvalue weighted by atomic mass is 9.95. The average Bonchev–Trinajstić information content (AvgIpc) is 2.53. The number of carbonyl (C=O) groups excluding carboxylic acids is 1. The molecule has 0 atom stereocenters. The molecule has 0 heterocycles.